The molecule has 3 rings (SSSR count). The van der Waals surface area contributed by atoms with Gasteiger partial charge in [-0.15, -0.1) is 0 Å². The number of rotatable bonds is 5. The summed E-state index contributed by atoms with van der Waals surface area (Å²) >= 11 is 0. The van der Waals surface area contributed by atoms with Gasteiger partial charge in [-0.05, 0) is 30.7 Å². The van der Waals surface area contributed by atoms with Crippen molar-refractivity contribution in [3.8, 4) is 0 Å². The number of hydrogen-bond acceptors (Lipinski definition) is 3. The van der Waals surface area contributed by atoms with E-state index in [-0.39, 0.29) is 5.91 Å². The van der Waals surface area contributed by atoms with Gasteiger partial charge in [-0.2, -0.15) is 0 Å². The van der Waals surface area contributed by atoms with Crippen molar-refractivity contribution in [3.63, 3.8) is 0 Å². The number of nitrogens with zero attached hydrogens (tertiary/aromatic N) is 3. The quantitative estimate of drug-likeness (QED) is 0.728. The smallest absolute Gasteiger partial charge is 0.251 e. The molecular formula is C16H16N4O. The fourth-order valence-corrected chi connectivity index (χ4v) is 2.24. The van der Waals surface area contributed by atoms with Gasteiger partial charge in [0.2, 0.25) is 0 Å². The molecular weight excluding hydrogens is 264 g/mol. The first-order valence-electron chi connectivity index (χ1n) is 6.94. The van der Waals surface area contributed by atoms with Crippen molar-refractivity contribution in [2.24, 2.45) is 0 Å². The maximum absolute atomic E-state index is 11.9. The molecule has 5 heteroatoms. The molecule has 0 radical (unpaired) electrons. The van der Waals surface area contributed by atoms with Crippen LogP contribution < -0.4 is 5.32 Å². The van der Waals surface area contributed by atoms with Crippen molar-refractivity contribution in [1.29, 1.82) is 0 Å². The maximum atomic E-state index is 11.9. The van der Waals surface area contributed by atoms with Gasteiger partial charge in [-0.25, -0.2) is 4.98 Å². The molecule has 3 aromatic heterocycles. The molecule has 0 atom stereocenters. The first kappa shape index (κ1) is 13.3. The lowest BCUT2D eigenvalue weighted by atomic mass is 10.2. The molecule has 0 saturated heterocycles. The molecule has 0 aliphatic carbocycles. The van der Waals surface area contributed by atoms with Gasteiger partial charge >= 0.3 is 0 Å². The zero-order chi connectivity index (χ0) is 14.5. The SMILES string of the molecule is O=C(NCCCc1ncc2ccccn12)c1ccncc1. The van der Waals surface area contributed by atoms with Gasteiger partial charge in [0.05, 0.1) is 11.7 Å². The van der Waals surface area contributed by atoms with E-state index in [0.717, 1.165) is 24.2 Å². The van der Waals surface area contributed by atoms with E-state index in [1.165, 1.54) is 0 Å². The summed E-state index contributed by atoms with van der Waals surface area (Å²) in [7, 11) is 0. The molecule has 0 unspecified atom stereocenters. The zero-order valence-electron chi connectivity index (χ0n) is 11.6. The largest absolute Gasteiger partial charge is 0.352 e. The minimum atomic E-state index is -0.0645. The predicted octanol–water partition coefficient (Wildman–Crippen LogP) is 2.09. The predicted molar refractivity (Wildman–Crippen MR) is 80.1 cm³/mol. The van der Waals surface area contributed by atoms with Gasteiger partial charge in [0.15, 0.2) is 0 Å². The number of pyridine rings is 2. The summed E-state index contributed by atoms with van der Waals surface area (Å²) in [6.07, 6.45) is 8.79. The third-order valence-corrected chi connectivity index (χ3v) is 3.32. The lowest BCUT2D eigenvalue weighted by Gasteiger charge is -2.05. The topological polar surface area (TPSA) is 59.3 Å². The first-order chi connectivity index (χ1) is 10.3. The Labute approximate surface area is 122 Å². The summed E-state index contributed by atoms with van der Waals surface area (Å²) in [5.74, 6) is 0.953. The number of hydrogen-bond donors (Lipinski definition) is 1. The monoisotopic (exact) mass is 280 g/mol. The van der Waals surface area contributed by atoms with Crippen LogP contribution >= 0.6 is 0 Å². The number of imidazole rings is 1. The van der Waals surface area contributed by atoms with Crippen LogP contribution in [0.1, 0.15) is 22.6 Å². The highest BCUT2D eigenvalue weighted by atomic mass is 16.1. The van der Waals surface area contributed by atoms with E-state index in [9.17, 15) is 4.79 Å². The van der Waals surface area contributed by atoms with Crippen molar-refractivity contribution < 1.29 is 4.79 Å². The Morgan fingerprint density at radius 3 is 2.90 bits per heavy atom. The van der Waals surface area contributed by atoms with Crippen molar-refractivity contribution >= 4 is 11.4 Å². The number of aromatic nitrogens is 3. The van der Waals surface area contributed by atoms with E-state index in [2.05, 4.69) is 19.7 Å². The Balaban J connectivity index is 1.52. The highest BCUT2D eigenvalue weighted by molar-refractivity contribution is 5.93. The lowest BCUT2D eigenvalue weighted by Crippen LogP contribution is -2.24. The summed E-state index contributed by atoms with van der Waals surface area (Å²) in [5.41, 5.74) is 1.73. The lowest BCUT2D eigenvalue weighted by molar-refractivity contribution is 0.0953. The highest BCUT2D eigenvalue weighted by Crippen LogP contribution is 2.07. The molecule has 21 heavy (non-hydrogen) atoms. The Hall–Kier alpha value is -2.69. The second kappa shape index (κ2) is 6.17. The average Bonchev–Trinajstić information content (AvgIpc) is 2.95. The van der Waals surface area contributed by atoms with Gasteiger partial charge in [0, 0.05) is 37.1 Å². The van der Waals surface area contributed by atoms with Crippen molar-refractivity contribution in [1.82, 2.24) is 19.7 Å². The van der Waals surface area contributed by atoms with Gasteiger partial charge in [-0.3, -0.25) is 9.78 Å². The van der Waals surface area contributed by atoms with Crippen LogP contribution in [-0.2, 0) is 6.42 Å². The third-order valence-electron chi connectivity index (χ3n) is 3.32. The Kier molecular flexibility index (Phi) is 3.91. The number of amides is 1. The van der Waals surface area contributed by atoms with Crippen LogP contribution in [-0.4, -0.2) is 26.8 Å². The molecule has 1 amide bonds. The zero-order valence-corrected chi connectivity index (χ0v) is 11.6. The Morgan fingerprint density at radius 1 is 1.19 bits per heavy atom. The van der Waals surface area contributed by atoms with Gasteiger partial charge < -0.3 is 9.72 Å². The molecule has 5 nitrogen and oxygen atoms in total. The summed E-state index contributed by atoms with van der Waals surface area (Å²) in [6, 6.07) is 9.43. The fraction of sp³-hybridized carbons (Fsp3) is 0.188. The number of carbonyl (C=O) groups excluding carboxylic acids is 1. The summed E-state index contributed by atoms with van der Waals surface area (Å²) in [5, 5.41) is 2.91. The van der Waals surface area contributed by atoms with Gasteiger partial charge in [0.25, 0.3) is 5.91 Å². The second-order valence-corrected chi connectivity index (χ2v) is 4.77. The molecule has 0 aliphatic heterocycles. The van der Waals surface area contributed by atoms with E-state index < -0.39 is 0 Å². The summed E-state index contributed by atoms with van der Waals surface area (Å²) in [4.78, 5) is 20.2. The third kappa shape index (κ3) is 3.08. The molecule has 1 N–H and O–H groups in total. The molecule has 0 bridgehead atoms. The van der Waals surface area contributed by atoms with Crippen molar-refractivity contribution in [2.45, 2.75) is 12.8 Å². The second-order valence-electron chi connectivity index (χ2n) is 4.77. The minimum absolute atomic E-state index is 0.0645. The van der Waals surface area contributed by atoms with Crippen LogP contribution in [0.5, 0.6) is 0 Å². The molecule has 0 aliphatic rings. The number of nitrogens with one attached hydrogen (secondary N) is 1. The van der Waals surface area contributed by atoms with E-state index in [1.807, 2.05) is 30.6 Å². The minimum Gasteiger partial charge on any atom is -0.352 e. The molecule has 3 aromatic rings. The van der Waals surface area contributed by atoms with Crippen LogP contribution in [0.3, 0.4) is 0 Å². The molecule has 0 saturated carbocycles. The number of fused-ring (bicyclic) bond motifs is 1. The fourth-order valence-electron chi connectivity index (χ4n) is 2.24. The first-order valence-corrected chi connectivity index (χ1v) is 6.94. The standard InChI is InChI=1S/C16H16N4O/c21-16(13-6-9-17-10-7-13)18-8-3-5-15-19-12-14-4-1-2-11-20(14)15/h1-2,4,6-7,9-12H,3,5,8H2,(H,18,21). The van der Waals surface area contributed by atoms with Gasteiger partial charge in [0.1, 0.15) is 5.82 Å². The van der Waals surface area contributed by atoms with Crippen molar-refractivity contribution in [3.05, 3.63) is 66.5 Å². The number of aryl methyl sites for hydroxylation is 1. The number of carbonyl (C=O) groups is 1. The molecule has 106 valence electrons. The van der Waals surface area contributed by atoms with Crippen LogP contribution in [0.15, 0.2) is 55.1 Å². The van der Waals surface area contributed by atoms with Crippen molar-refractivity contribution in [2.75, 3.05) is 6.54 Å². The van der Waals surface area contributed by atoms with E-state index in [4.69, 9.17) is 0 Å². The average molecular weight is 280 g/mol. The normalized spacial score (nSPS) is 10.7. The highest BCUT2D eigenvalue weighted by Gasteiger charge is 2.05. The van der Waals surface area contributed by atoms with E-state index >= 15 is 0 Å². The summed E-state index contributed by atoms with van der Waals surface area (Å²) in [6.45, 7) is 0.628. The van der Waals surface area contributed by atoms with Gasteiger partial charge in [-0.1, -0.05) is 6.07 Å². The Bertz CT molecular complexity index is 736. The van der Waals surface area contributed by atoms with E-state index in [1.54, 1.807) is 24.5 Å². The van der Waals surface area contributed by atoms with Crippen LogP contribution in [0.2, 0.25) is 0 Å². The van der Waals surface area contributed by atoms with E-state index in [0.29, 0.717) is 12.1 Å². The molecule has 3 heterocycles. The van der Waals surface area contributed by atoms with Crippen LogP contribution in [0.25, 0.3) is 5.52 Å². The van der Waals surface area contributed by atoms with Crippen LogP contribution in [0, 0.1) is 0 Å². The summed E-state index contributed by atoms with van der Waals surface area (Å²) < 4.78 is 2.07. The maximum Gasteiger partial charge on any atom is 0.251 e. The van der Waals surface area contributed by atoms with Crippen LogP contribution in [0.4, 0.5) is 0 Å². The molecule has 0 aromatic carbocycles. The molecule has 0 fully saturated rings. The Morgan fingerprint density at radius 2 is 2.05 bits per heavy atom. The molecule has 0 spiro atoms.